The number of carbonyl (C=O) groups is 1. The van der Waals surface area contributed by atoms with E-state index in [0.29, 0.717) is 34.7 Å². The molecule has 2 aromatic heterocycles. The third-order valence-electron chi connectivity index (χ3n) is 4.74. The predicted octanol–water partition coefficient (Wildman–Crippen LogP) is 3.76. The van der Waals surface area contributed by atoms with Gasteiger partial charge in [0.2, 0.25) is 11.8 Å². The molecule has 33 heavy (non-hydrogen) atoms. The highest BCUT2D eigenvalue weighted by Gasteiger charge is 2.16. The van der Waals surface area contributed by atoms with Crippen LogP contribution in [0.25, 0.3) is 11.1 Å². The minimum atomic E-state index is -0.329. The van der Waals surface area contributed by atoms with Crippen LogP contribution in [-0.2, 0) is 11.3 Å². The van der Waals surface area contributed by atoms with E-state index in [1.54, 1.807) is 47.4 Å². The standard InChI is InChI=1S/C24H19N7O2/c1-2-21(32)30-19-8-5-9-20(10-19)33-24-22(23(26)27-15-28-24)18-12-29-31(14-18)13-17-7-4-3-6-16(17)11-25/h2-10,12,14-15H,1,13H2,(H,30,32)(H2,26,27,28). The first-order chi connectivity index (χ1) is 16.1. The zero-order valence-electron chi connectivity index (χ0n) is 17.5. The Bertz CT molecular complexity index is 1370. The van der Waals surface area contributed by atoms with Crippen molar-refractivity contribution in [3.63, 3.8) is 0 Å². The molecule has 0 spiro atoms. The molecule has 0 fully saturated rings. The minimum Gasteiger partial charge on any atom is -0.438 e. The number of amides is 1. The second-order valence-corrected chi connectivity index (χ2v) is 6.96. The summed E-state index contributed by atoms with van der Waals surface area (Å²) in [6.45, 7) is 3.86. The molecule has 3 N–H and O–H groups in total. The maximum atomic E-state index is 11.6. The first-order valence-electron chi connectivity index (χ1n) is 9.90. The van der Waals surface area contributed by atoms with Crippen LogP contribution in [-0.4, -0.2) is 25.7 Å². The summed E-state index contributed by atoms with van der Waals surface area (Å²) >= 11 is 0. The second kappa shape index (κ2) is 9.45. The van der Waals surface area contributed by atoms with Crippen molar-refractivity contribution in [2.75, 3.05) is 11.1 Å². The SMILES string of the molecule is C=CC(=O)Nc1cccc(Oc2ncnc(N)c2-c2cnn(Cc3ccccc3C#N)c2)c1. The van der Waals surface area contributed by atoms with Gasteiger partial charge in [-0.15, -0.1) is 0 Å². The zero-order valence-corrected chi connectivity index (χ0v) is 17.5. The number of nitrogens with one attached hydrogen (secondary N) is 1. The average molecular weight is 437 g/mol. The Morgan fingerprint density at radius 2 is 2.09 bits per heavy atom. The highest BCUT2D eigenvalue weighted by molar-refractivity contribution is 5.98. The first kappa shape index (κ1) is 21.3. The molecule has 0 unspecified atom stereocenters. The smallest absolute Gasteiger partial charge is 0.247 e. The molecule has 2 heterocycles. The van der Waals surface area contributed by atoms with Gasteiger partial charge in [0.05, 0.1) is 29.9 Å². The summed E-state index contributed by atoms with van der Waals surface area (Å²) in [5.41, 5.74) is 9.28. The van der Waals surface area contributed by atoms with E-state index >= 15 is 0 Å². The molecule has 9 nitrogen and oxygen atoms in total. The monoisotopic (exact) mass is 437 g/mol. The predicted molar refractivity (Wildman–Crippen MR) is 123 cm³/mol. The van der Waals surface area contributed by atoms with Gasteiger partial charge in [-0.2, -0.15) is 10.4 Å². The van der Waals surface area contributed by atoms with E-state index < -0.39 is 0 Å². The summed E-state index contributed by atoms with van der Waals surface area (Å²) in [5, 5.41) is 16.4. The van der Waals surface area contributed by atoms with E-state index in [4.69, 9.17) is 10.5 Å². The van der Waals surface area contributed by atoms with Gasteiger partial charge < -0.3 is 15.8 Å². The fourth-order valence-corrected chi connectivity index (χ4v) is 3.19. The minimum absolute atomic E-state index is 0.230. The molecule has 0 saturated heterocycles. The Kier molecular flexibility index (Phi) is 6.09. The lowest BCUT2D eigenvalue weighted by Gasteiger charge is -2.11. The third kappa shape index (κ3) is 4.86. The summed E-state index contributed by atoms with van der Waals surface area (Å²) in [7, 11) is 0. The Morgan fingerprint density at radius 1 is 1.24 bits per heavy atom. The number of nitriles is 1. The number of carbonyl (C=O) groups excluding carboxylic acids is 1. The average Bonchev–Trinajstić information content (AvgIpc) is 3.27. The lowest BCUT2D eigenvalue weighted by Crippen LogP contribution is -2.07. The van der Waals surface area contributed by atoms with Crippen LogP contribution in [0.3, 0.4) is 0 Å². The van der Waals surface area contributed by atoms with Gasteiger partial charge in [0.15, 0.2) is 0 Å². The Morgan fingerprint density at radius 3 is 2.91 bits per heavy atom. The number of nitrogens with zero attached hydrogens (tertiary/aromatic N) is 5. The molecule has 0 saturated carbocycles. The van der Waals surface area contributed by atoms with Gasteiger partial charge in [-0.1, -0.05) is 30.8 Å². The lowest BCUT2D eigenvalue weighted by atomic mass is 10.1. The molecule has 0 bridgehead atoms. The fraction of sp³-hybridized carbons (Fsp3) is 0.0417. The van der Waals surface area contributed by atoms with Gasteiger partial charge in [-0.25, -0.2) is 9.97 Å². The molecule has 1 amide bonds. The van der Waals surface area contributed by atoms with Crippen LogP contribution >= 0.6 is 0 Å². The number of hydrogen-bond donors (Lipinski definition) is 2. The molecule has 0 aliphatic carbocycles. The number of nitrogen functional groups attached to an aromatic ring is 1. The Balaban J connectivity index is 1.62. The van der Waals surface area contributed by atoms with Crippen LogP contribution in [0.4, 0.5) is 11.5 Å². The van der Waals surface area contributed by atoms with Crippen molar-refractivity contribution in [3.8, 4) is 28.8 Å². The number of nitrogens with two attached hydrogens (primary N) is 1. The van der Waals surface area contributed by atoms with Crippen molar-refractivity contribution < 1.29 is 9.53 Å². The molecule has 2 aromatic carbocycles. The van der Waals surface area contributed by atoms with E-state index in [1.165, 1.54) is 12.4 Å². The maximum Gasteiger partial charge on any atom is 0.247 e. The van der Waals surface area contributed by atoms with Crippen LogP contribution < -0.4 is 15.8 Å². The maximum absolute atomic E-state index is 11.6. The Hall–Kier alpha value is -4.97. The van der Waals surface area contributed by atoms with Gasteiger partial charge >= 0.3 is 0 Å². The van der Waals surface area contributed by atoms with E-state index in [0.717, 1.165) is 5.56 Å². The second-order valence-electron chi connectivity index (χ2n) is 6.96. The highest BCUT2D eigenvalue weighted by Crippen LogP contribution is 2.35. The van der Waals surface area contributed by atoms with Crippen LogP contribution in [0.2, 0.25) is 0 Å². The molecule has 0 aliphatic rings. The first-order valence-corrected chi connectivity index (χ1v) is 9.90. The van der Waals surface area contributed by atoms with Crippen LogP contribution in [0.5, 0.6) is 11.6 Å². The van der Waals surface area contributed by atoms with Crippen molar-refractivity contribution in [3.05, 3.63) is 91.0 Å². The third-order valence-corrected chi connectivity index (χ3v) is 4.74. The lowest BCUT2D eigenvalue weighted by molar-refractivity contribution is -0.111. The molecule has 0 aliphatic heterocycles. The summed E-state index contributed by atoms with van der Waals surface area (Å²) in [6.07, 6.45) is 5.92. The van der Waals surface area contributed by atoms with Gasteiger partial charge in [-0.05, 0) is 29.8 Å². The number of benzene rings is 2. The van der Waals surface area contributed by atoms with E-state index in [-0.39, 0.29) is 17.6 Å². The summed E-state index contributed by atoms with van der Waals surface area (Å²) in [5.74, 6) is 0.593. The van der Waals surface area contributed by atoms with Crippen LogP contribution in [0.1, 0.15) is 11.1 Å². The molecular weight excluding hydrogens is 418 g/mol. The highest BCUT2D eigenvalue weighted by atomic mass is 16.5. The summed E-state index contributed by atoms with van der Waals surface area (Å²) in [6, 6.07) is 16.4. The number of anilines is 2. The van der Waals surface area contributed by atoms with Crippen molar-refractivity contribution in [2.45, 2.75) is 6.54 Å². The number of aromatic nitrogens is 4. The zero-order chi connectivity index (χ0) is 23.2. The molecule has 4 rings (SSSR count). The van der Waals surface area contributed by atoms with E-state index in [2.05, 4.69) is 33.0 Å². The fourth-order valence-electron chi connectivity index (χ4n) is 3.19. The molecule has 9 heteroatoms. The van der Waals surface area contributed by atoms with Crippen LogP contribution in [0.15, 0.2) is 79.9 Å². The summed E-state index contributed by atoms with van der Waals surface area (Å²) in [4.78, 5) is 19.9. The van der Waals surface area contributed by atoms with Crippen LogP contribution in [0, 0.1) is 11.3 Å². The number of hydrogen-bond acceptors (Lipinski definition) is 7. The molecule has 162 valence electrons. The summed E-state index contributed by atoms with van der Waals surface area (Å²) < 4.78 is 7.68. The topological polar surface area (TPSA) is 132 Å². The number of ether oxygens (including phenoxy) is 1. The molecular formula is C24H19N7O2. The number of rotatable bonds is 7. The molecule has 4 aromatic rings. The van der Waals surface area contributed by atoms with Crippen molar-refractivity contribution in [1.82, 2.24) is 19.7 Å². The van der Waals surface area contributed by atoms with Crippen molar-refractivity contribution in [2.24, 2.45) is 0 Å². The van der Waals surface area contributed by atoms with Gasteiger partial charge in [-0.3, -0.25) is 9.48 Å². The van der Waals surface area contributed by atoms with Crippen molar-refractivity contribution >= 4 is 17.4 Å². The van der Waals surface area contributed by atoms with Crippen molar-refractivity contribution in [1.29, 1.82) is 5.26 Å². The normalized spacial score (nSPS) is 10.3. The van der Waals surface area contributed by atoms with E-state index in [9.17, 15) is 10.1 Å². The largest absolute Gasteiger partial charge is 0.438 e. The van der Waals surface area contributed by atoms with E-state index in [1.807, 2.05) is 18.2 Å². The Labute approximate surface area is 189 Å². The molecule has 0 radical (unpaired) electrons. The quantitative estimate of drug-likeness (QED) is 0.421. The molecule has 0 atom stereocenters. The van der Waals surface area contributed by atoms with Gasteiger partial charge in [0.25, 0.3) is 0 Å². The van der Waals surface area contributed by atoms with Gasteiger partial charge in [0, 0.05) is 23.5 Å². The van der Waals surface area contributed by atoms with Gasteiger partial charge in [0.1, 0.15) is 17.9 Å².